The molecular weight excluding hydrogens is 252 g/mol. The number of ether oxygens (including phenoxy) is 1. The molecule has 0 spiro atoms. The third-order valence-corrected chi connectivity index (χ3v) is 4.02. The number of hydrogen-bond donors (Lipinski definition) is 1. The van der Waals surface area contributed by atoms with Gasteiger partial charge in [0.25, 0.3) is 0 Å². The molecule has 4 nitrogen and oxygen atoms in total. The Kier molecular flexibility index (Phi) is 3.85. The summed E-state index contributed by atoms with van der Waals surface area (Å²) in [4.78, 5) is 12.7. The molecule has 0 aliphatic carbocycles. The topological polar surface area (TPSA) is 57.2 Å². The van der Waals surface area contributed by atoms with Crippen molar-refractivity contribution in [1.29, 1.82) is 0 Å². The average Bonchev–Trinajstić information content (AvgIpc) is 2.87. The van der Waals surface area contributed by atoms with Crippen LogP contribution in [-0.2, 0) is 11.2 Å². The van der Waals surface area contributed by atoms with Gasteiger partial charge in [0.1, 0.15) is 0 Å². The van der Waals surface area contributed by atoms with E-state index in [2.05, 4.69) is 6.07 Å². The van der Waals surface area contributed by atoms with E-state index in [0.717, 1.165) is 35.7 Å². The number of nitrogens with two attached hydrogens (primary N) is 1. The molecule has 4 heteroatoms. The maximum absolute atomic E-state index is 12.7. The maximum atomic E-state index is 12.7. The molecule has 2 N–H and O–H groups in total. The van der Waals surface area contributed by atoms with Gasteiger partial charge in [-0.1, -0.05) is 18.2 Å². The minimum absolute atomic E-state index is 0.0743. The molecule has 1 aromatic carbocycles. The highest BCUT2D eigenvalue weighted by Crippen LogP contribution is 2.25. The third-order valence-electron chi connectivity index (χ3n) is 4.02. The van der Waals surface area contributed by atoms with Crippen LogP contribution in [0.25, 0.3) is 10.9 Å². The van der Waals surface area contributed by atoms with E-state index in [9.17, 15) is 4.79 Å². The van der Waals surface area contributed by atoms with E-state index in [-0.39, 0.29) is 11.8 Å². The first kappa shape index (κ1) is 13.3. The van der Waals surface area contributed by atoms with Crippen LogP contribution in [0.4, 0.5) is 0 Å². The Morgan fingerprint density at radius 2 is 2.05 bits per heavy atom. The highest BCUT2D eigenvalue weighted by molar-refractivity contribution is 5.95. The van der Waals surface area contributed by atoms with Gasteiger partial charge in [0.2, 0.25) is 5.91 Å². The van der Waals surface area contributed by atoms with Crippen molar-refractivity contribution in [2.75, 3.05) is 19.8 Å². The molecule has 3 rings (SSSR count). The van der Waals surface area contributed by atoms with E-state index < -0.39 is 0 Å². The van der Waals surface area contributed by atoms with Gasteiger partial charge in [0, 0.05) is 30.7 Å². The number of benzene rings is 1. The van der Waals surface area contributed by atoms with E-state index >= 15 is 0 Å². The summed E-state index contributed by atoms with van der Waals surface area (Å²) in [5.41, 5.74) is 7.82. The molecule has 106 valence electrons. The van der Waals surface area contributed by atoms with Crippen LogP contribution in [0, 0.1) is 5.92 Å². The molecular formula is C16H20N2O2. The molecule has 0 amide bonds. The standard InChI is InChI=1S/C16H20N2O2/c17-8-5-13-11-18(15-4-2-1-3-14(13)15)16(19)12-6-9-20-10-7-12/h1-4,11-12H,5-10,17H2. The van der Waals surface area contributed by atoms with Crippen molar-refractivity contribution in [3.63, 3.8) is 0 Å². The van der Waals surface area contributed by atoms with Gasteiger partial charge in [0.05, 0.1) is 5.52 Å². The molecule has 0 atom stereocenters. The van der Waals surface area contributed by atoms with Crippen molar-refractivity contribution < 1.29 is 9.53 Å². The van der Waals surface area contributed by atoms with Crippen LogP contribution >= 0.6 is 0 Å². The van der Waals surface area contributed by atoms with Crippen molar-refractivity contribution in [3.05, 3.63) is 36.0 Å². The molecule has 1 aromatic heterocycles. The Labute approximate surface area is 118 Å². The smallest absolute Gasteiger partial charge is 0.234 e. The lowest BCUT2D eigenvalue weighted by molar-refractivity contribution is 0.0490. The van der Waals surface area contributed by atoms with Crippen molar-refractivity contribution >= 4 is 16.8 Å². The summed E-state index contributed by atoms with van der Waals surface area (Å²) < 4.78 is 7.15. The molecule has 2 aromatic rings. The maximum Gasteiger partial charge on any atom is 0.234 e. The summed E-state index contributed by atoms with van der Waals surface area (Å²) in [7, 11) is 0. The lowest BCUT2D eigenvalue weighted by Crippen LogP contribution is -2.27. The fraction of sp³-hybridized carbons (Fsp3) is 0.438. The van der Waals surface area contributed by atoms with E-state index in [0.29, 0.717) is 19.8 Å². The van der Waals surface area contributed by atoms with Crippen LogP contribution < -0.4 is 5.73 Å². The Morgan fingerprint density at radius 1 is 1.30 bits per heavy atom. The highest BCUT2D eigenvalue weighted by Gasteiger charge is 2.24. The molecule has 1 fully saturated rings. The van der Waals surface area contributed by atoms with Gasteiger partial charge < -0.3 is 10.5 Å². The number of aromatic nitrogens is 1. The summed E-state index contributed by atoms with van der Waals surface area (Å²) in [5, 5.41) is 1.14. The monoisotopic (exact) mass is 272 g/mol. The Hall–Kier alpha value is -1.65. The molecule has 1 aliphatic rings. The molecule has 1 saturated heterocycles. The van der Waals surface area contributed by atoms with E-state index in [1.807, 2.05) is 29.0 Å². The number of fused-ring (bicyclic) bond motifs is 1. The lowest BCUT2D eigenvalue weighted by Gasteiger charge is -2.21. The lowest BCUT2D eigenvalue weighted by atomic mass is 9.99. The zero-order chi connectivity index (χ0) is 13.9. The normalized spacial score (nSPS) is 16.6. The Balaban J connectivity index is 1.99. The fourth-order valence-electron chi connectivity index (χ4n) is 2.93. The molecule has 0 unspecified atom stereocenters. The second-order valence-electron chi connectivity index (χ2n) is 5.31. The third kappa shape index (κ3) is 2.37. The number of carbonyl (C=O) groups is 1. The predicted molar refractivity (Wildman–Crippen MR) is 78.9 cm³/mol. The number of nitrogens with zero attached hydrogens (tertiary/aromatic N) is 1. The number of para-hydroxylation sites is 1. The fourth-order valence-corrected chi connectivity index (χ4v) is 2.93. The number of carbonyl (C=O) groups excluding carboxylic acids is 1. The van der Waals surface area contributed by atoms with Gasteiger partial charge in [-0.3, -0.25) is 9.36 Å². The van der Waals surface area contributed by atoms with Gasteiger partial charge in [-0.25, -0.2) is 0 Å². The van der Waals surface area contributed by atoms with Crippen molar-refractivity contribution in [2.24, 2.45) is 11.7 Å². The summed E-state index contributed by atoms with van der Waals surface area (Å²) in [5.74, 6) is 0.262. The van der Waals surface area contributed by atoms with Crippen LogP contribution in [0.5, 0.6) is 0 Å². The average molecular weight is 272 g/mol. The molecule has 2 heterocycles. The zero-order valence-electron chi connectivity index (χ0n) is 11.5. The van der Waals surface area contributed by atoms with Crippen LogP contribution in [0.1, 0.15) is 23.2 Å². The molecule has 20 heavy (non-hydrogen) atoms. The Morgan fingerprint density at radius 3 is 2.80 bits per heavy atom. The quantitative estimate of drug-likeness (QED) is 0.932. The number of rotatable bonds is 3. The van der Waals surface area contributed by atoms with Crippen LogP contribution in [0.3, 0.4) is 0 Å². The van der Waals surface area contributed by atoms with Gasteiger partial charge in [0.15, 0.2) is 0 Å². The van der Waals surface area contributed by atoms with E-state index in [1.54, 1.807) is 0 Å². The van der Waals surface area contributed by atoms with Crippen LogP contribution in [0.2, 0.25) is 0 Å². The first-order chi connectivity index (χ1) is 9.81. The van der Waals surface area contributed by atoms with Crippen molar-refractivity contribution in [3.8, 4) is 0 Å². The van der Waals surface area contributed by atoms with E-state index in [4.69, 9.17) is 10.5 Å². The minimum Gasteiger partial charge on any atom is -0.381 e. The van der Waals surface area contributed by atoms with Crippen LogP contribution in [-0.4, -0.2) is 30.2 Å². The van der Waals surface area contributed by atoms with Gasteiger partial charge in [-0.05, 0) is 37.4 Å². The van der Waals surface area contributed by atoms with E-state index in [1.165, 1.54) is 0 Å². The van der Waals surface area contributed by atoms with Crippen LogP contribution in [0.15, 0.2) is 30.5 Å². The SMILES string of the molecule is NCCc1cn(C(=O)C2CCOCC2)c2ccccc12. The summed E-state index contributed by atoms with van der Waals surface area (Å²) in [6, 6.07) is 8.05. The molecule has 1 aliphatic heterocycles. The first-order valence-corrected chi connectivity index (χ1v) is 7.22. The van der Waals surface area contributed by atoms with Gasteiger partial charge in [-0.2, -0.15) is 0 Å². The summed E-state index contributed by atoms with van der Waals surface area (Å²) in [6.45, 7) is 1.97. The van der Waals surface area contributed by atoms with Crippen molar-refractivity contribution in [1.82, 2.24) is 4.57 Å². The largest absolute Gasteiger partial charge is 0.381 e. The second kappa shape index (κ2) is 5.77. The highest BCUT2D eigenvalue weighted by atomic mass is 16.5. The predicted octanol–water partition coefficient (Wildman–Crippen LogP) is 2.21. The number of hydrogen-bond acceptors (Lipinski definition) is 3. The zero-order valence-corrected chi connectivity index (χ0v) is 11.5. The van der Waals surface area contributed by atoms with Crippen molar-refractivity contribution in [2.45, 2.75) is 19.3 Å². The molecule has 0 bridgehead atoms. The van der Waals surface area contributed by atoms with Gasteiger partial charge in [-0.15, -0.1) is 0 Å². The minimum atomic E-state index is 0.0743. The molecule has 0 saturated carbocycles. The molecule has 0 radical (unpaired) electrons. The summed E-state index contributed by atoms with van der Waals surface area (Å²) in [6.07, 6.45) is 4.40. The second-order valence-corrected chi connectivity index (χ2v) is 5.31. The van der Waals surface area contributed by atoms with Gasteiger partial charge >= 0.3 is 0 Å². The summed E-state index contributed by atoms with van der Waals surface area (Å²) >= 11 is 0. The Bertz CT molecular complexity index is 612. The first-order valence-electron chi connectivity index (χ1n) is 7.22.